The number of hydrogen-bond acceptors (Lipinski definition) is 1. The minimum Gasteiger partial charge on any atom is -0.432 e. The molecule has 0 unspecified atom stereocenters. The van der Waals surface area contributed by atoms with E-state index in [-0.39, 0.29) is 5.04 Å². The summed E-state index contributed by atoms with van der Waals surface area (Å²) in [4.78, 5) is 10.3. The minimum absolute atomic E-state index is 0.0989. The molecule has 1 nitrogen and oxygen atoms in total. The SMILES string of the molecule is C=C(CC)C[C@H](CC)CC(C)(C)[Si](C)(C)O. The van der Waals surface area contributed by atoms with Crippen molar-refractivity contribution in [3.63, 3.8) is 0 Å². The second-order valence-corrected chi connectivity index (χ2v) is 10.7. The first kappa shape index (κ1) is 15.9. The van der Waals surface area contributed by atoms with Gasteiger partial charge in [-0.25, -0.2) is 0 Å². The fraction of sp³-hybridized carbons (Fsp3) is 0.857. The Balaban J connectivity index is 4.48. The van der Waals surface area contributed by atoms with Crippen molar-refractivity contribution in [3.05, 3.63) is 12.2 Å². The van der Waals surface area contributed by atoms with Gasteiger partial charge in [0.15, 0.2) is 8.32 Å². The normalized spacial score (nSPS) is 14.9. The monoisotopic (exact) mass is 242 g/mol. The molecule has 1 atom stereocenters. The van der Waals surface area contributed by atoms with Crippen LogP contribution in [0, 0.1) is 5.92 Å². The van der Waals surface area contributed by atoms with Gasteiger partial charge in [0.2, 0.25) is 0 Å². The molecule has 96 valence electrons. The van der Waals surface area contributed by atoms with E-state index < -0.39 is 8.32 Å². The van der Waals surface area contributed by atoms with Crippen molar-refractivity contribution in [2.75, 3.05) is 0 Å². The van der Waals surface area contributed by atoms with Gasteiger partial charge in [-0.1, -0.05) is 46.3 Å². The highest BCUT2D eigenvalue weighted by atomic mass is 28.4. The maximum Gasteiger partial charge on any atom is 0.188 e. The van der Waals surface area contributed by atoms with Gasteiger partial charge >= 0.3 is 0 Å². The average molecular weight is 242 g/mol. The van der Waals surface area contributed by atoms with Gasteiger partial charge in [-0.15, -0.1) is 0 Å². The van der Waals surface area contributed by atoms with Crippen LogP contribution in [0.25, 0.3) is 0 Å². The van der Waals surface area contributed by atoms with Crippen molar-refractivity contribution in [3.8, 4) is 0 Å². The van der Waals surface area contributed by atoms with E-state index >= 15 is 0 Å². The standard InChI is InChI=1S/C14H30OSi/c1-8-12(3)10-13(9-2)11-14(4,5)16(6,7)15/h13,15H,3,8-11H2,1-2,4-7H3/t13-/m0/s1. The Hall–Kier alpha value is -0.0831. The highest BCUT2D eigenvalue weighted by Crippen LogP contribution is 2.43. The van der Waals surface area contributed by atoms with Gasteiger partial charge in [-0.2, -0.15) is 0 Å². The summed E-state index contributed by atoms with van der Waals surface area (Å²) in [7, 11) is -2.05. The maximum absolute atomic E-state index is 10.3. The zero-order valence-corrected chi connectivity index (χ0v) is 13.1. The van der Waals surface area contributed by atoms with Crippen LogP contribution < -0.4 is 0 Å². The van der Waals surface area contributed by atoms with Gasteiger partial charge in [0.1, 0.15) is 0 Å². The largest absolute Gasteiger partial charge is 0.432 e. The van der Waals surface area contributed by atoms with Gasteiger partial charge < -0.3 is 4.80 Å². The minimum atomic E-state index is -2.05. The molecule has 0 aromatic heterocycles. The first-order valence-electron chi connectivity index (χ1n) is 6.53. The van der Waals surface area contributed by atoms with Crippen LogP contribution in [0.2, 0.25) is 18.1 Å². The van der Waals surface area contributed by atoms with E-state index in [1.54, 1.807) is 0 Å². The molecule has 0 aromatic carbocycles. The predicted octanol–water partition coefficient (Wildman–Crippen LogP) is 4.74. The van der Waals surface area contributed by atoms with E-state index in [2.05, 4.69) is 34.3 Å². The molecule has 0 rings (SSSR count). The first-order valence-corrected chi connectivity index (χ1v) is 9.47. The number of rotatable bonds is 7. The van der Waals surface area contributed by atoms with Crippen molar-refractivity contribution < 1.29 is 4.80 Å². The molecule has 0 aliphatic rings. The second-order valence-electron chi connectivity index (χ2n) is 6.23. The van der Waals surface area contributed by atoms with E-state index in [1.165, 1.54) is 12.0 Å². The van der Waals surface area contributed by atoms with Gasteiger partial charge in [-0.05, 0) is 43.3 Å². The lowest BCUT2D eigenvalue weighted by Crippen LogP contribution is -2.40. The molecule has 0 radical (unpaired) electrons. The van der Waals surface area contributed by atoms with Gasteiger partial charge in [0.05, 0.1) is 0 Å². The van der Waals surface area contributed by atoms with Crippen molar-refractivity contribution >= 4 is 8.32 Å². The lowest BCUT2D eigenvalue weighted by Gasteiger charge is -2.38. The van der Waals surface area contributed by atoms with Crippen LogP contribution in [0.4, 0.5) is 0 Å². The van der Waals surface area contributed by atoms with Crippen LogP contribution in [0.15, 0.2) is 12.2 Å². The van der Waals surface area contributed by atoms with E-state index in [4.69, 9.17) is 0 Å². The molecule has 0 heterocycles. The second kappa shape index (κ2) is 6.01. The van der Waals surface area contributed by atoms with Crippen LogP contribution in [-0.4, -0.2) is 13.1 Å². The Morgan fingerprint density at radius 3 is 2.12 bits per heavy atom. The molecule has 0 amide bonds. The zero-order valence-electron chi connectivity index (χ0n) is 12.1. The first-order chi connectivity index (χ1) is 7.14. The van der Waals surface area contributed by atoms with E-state index in [0.717, 1.165) is 19.3 Å². The van der Waals surface area contributed by atoms with Gasteiger partial charge in [-0.3, -0.25) is 0 Å². The number of allylic oxidation sites excluding steroid dienone is 1. The lowest BCUT2D eigenvalue weighted by molar-refractivity contribution is 0.362. The molecular formula is C14H30OSi. The van der Waals surface area contributed by atoms with Gasteiger partial charge in [0, 0.05) is 0 Å². The summed E-state index contributed by atoms with van der Waals surface area (Å²) in [6, 6.07) is 0. The fourth-order valence-corrected chi connectivity index (χ4v) is 2.67. The van der Waals surface area contributed by atoms with Crippen LogP contribution in [0.3, 0.4) is 0 Å². The van der Waals surface area contributed by atoms with Crippen molar-refractivity contribution in [1.82, 2.24) is 0 Å². The molecule has 0 saturated heterocycles. The molecule has 1 N–H and O–H groups in total. The third-order valence-corrected chi connectivity index (χ3v) is 7.63. The molecule has 2 heteroatoms. The molecular weight excluding hydrogens is 212 g/mol. The number of hydrogen-bond donors (Lipinski definition) is 1. The molecule has 0 spiro atoms. The van der Waals surface area contributed by atoms with Crippen LogP contribution in [0.5, 0.6) is 0 Å². The van der Waals surface area contributed by atoms with Gasteiger partial charge in [0.25, 0.3) is 0 Å². The fourth-order valence-electron chi connectivity index (χ4n) is 1.88. The summed E-state index contributed by atoms with van der Waals surface area (Å²) in [5.74, 6) is 0.682. The highest BCUT2D eigenvalue weighted by molar-refractivity contribution is 6.72. The van der Waals surface area contributed by atoms with Crippen molar-refractivity contribution in [2.45, 2.75) is 71.5 Å². The third kappa shape index (κ3) is 4.83. The lowest BCUT2D eigenvalue weighted by atomic mass is 9.88. The quantitative estimate of drug-likeness (QED) is 0.505. The van der Waals surface area contributed by atoms with Crippen LogP contribution >= 0.6 is 0 Å². The Morgan fingerprint density at radius 1 is 1.31 bits per heavy atom. The molecule has 0 fully saturated rings. The third-order valence-electron chi connectivity index (χ3n) is 4.11. The Morgan fingerprint density at radius 2 is 1.81 bits per heavy atom. The Kier molecular flexibility index (Phi) is 5.98. The summed E-state index contributed by atoms with van der Waals surface area (Å²) in [5, 5.41) is 0.0989. The van der Waals surface area contributed by atoms with Crippen LogP contribution in [-0.2, 0) is 0 Å². The molecule has 0 saturated carbocycles. The summed E-state index contributed by atoms with van der Waals surface area (Å²) >= 11 is 0. The van der Waals surface area contributed by atoms with E-state index in [1.807, 2.05) is 13.1 Å². The summed E-state index contributed by atoms with van der Waals surface area (Å²) in [5.41, 5.74) is 1.35. The van der Waals surface area contributed by atoms with E-state index in [0.29, 0.717) is 5.92 Å². The smallest absolute Gasteiger partial charge is 0.188 e. The topological polar surface area (TPSA) is 20.2 Å². The van der Waals surface area contributed by atoms with Crippen molar-refractivity contribution in [2.24, 2.45) is 5.92 Å². The molecule has 0 bridgehead atoms. The molecule has 0 aliphatic carbocycles. The Labute approximate surface area is 103 Å². The van der Waals surface area contributed by atoms with E-state index in [9.17, 15) is 4.80 Å². The Bertz CT molecular complexity index is 225. The zero-order chi connectivity index (χ0) is 13.0. The van der Waals surface area contributed by atoms with Crippen molar-refractivity contribution in [1.29, 1.82) is 0 Å². The summed E-state index contributed by atoms with van der Waals surface area (Å²) < 4.78 is 0. The summed E-state index contributed by atoms with van der Waals surface area (Å²) in [6.07, 6.45) is 4.52. The maximum atomic E-state index is 10.3. The molecule has 0 aliphatic heterocycles. The average Bonchev–Trinajstić information content (AvgIpc) is 2.14. The van der Waals surface area contributed by atoms with Crippen LogP contribution in [0.1, 0.15) is 53.4 Å². The predicted molar refractivity (Wildman–Crippen MR) is 76.2 cm³/mol. The summed E-state index contributed by atoms with van der Waals surface area (Å²) in [6.45, 7) is 17.1. The molecule has 0 aromatic rings. The highest BCUT2D eigenvalue weighted by Gasteiger charge is 2.39. The molecule has 16 heavy (non-hydrogen) atoms.